The maximum absolute atomic E-state index is 12.1. The SMILES string of the molecule is O=C(Cn1ncc(=O)c2ccccc21)NNC(=S)NCCc1cccs1. The van der Waals surface area contributed by atoms with Crippen molar-refractivity contribution in [2.45, 2.75) is 13.0 Å². The third-order valence-electron chi connectivity index (χ3n) is 3.61. The molecule has 0 aliphatic heterocycles. The first-order chi connectivity index (χ1) is 12.6. The number of nitrogens with one attached hydrogen (secondary N) is 3. The molecule has 0 atom stereocenters. The molecule has 0 unspecified atom stereocenters. The van der Waals surface area contributed by atoms with E-state index in [1.807, 2.05) is 11.4 Å². The Morgan fingerprint density at radius 1 is 1.19 bits per heavy atom. The van der Waals surface area contributed by atoms with E-state index in [9.17, 15) is 9.59 Å². The van der Waals surface area contributed by atoms with Gasteiger partial charge in [0.05, 0.1) is 11.7 Å². The predicted octanol–water partition coefficient (Wildman–Crippen LogP) is 1.20. The van der Waals surface area contributed by atoms with Gasteiger partial charge < -0.3 is 5.32 Å². The molecular weight excluding hydrogens is 370 g/mol. The molecule has 2 heterocycles. The summed E-state index contributed by atoms with van der Waals surface area (Å²) in [5.41, 5.74) is 5.62. The van der Waals surface area contributed by atoms with Crippen LogP contribution < -0.4 is 21.6 Å². The number of aromatic nitrogens is 2. The Morgan fingerprint density at radius 3 is 2.85 bits per heavy atom. The van der Waals surface area contributed by atoms with Crippen molar-refractivity contribution in [1.82, 2.24) is 25.9 Å². The lowest BCUT2D eigenvalue weighted by Gasteiger charge is -2.12. The number of hydrogen-bond acceptors (Lipinski definition) is 5. The van der Waals surface area contributed by atoms with Gasteiger partial charge in [0.1, 0.15) is 6.54 Å². The van der Waals surface area contributed by atoms with Crippen LogP contribution in [0.15, 0.2) is 52.8 Å². The normalized spacial score (nSPS) is 10.5. The lowest BCUT2D eigenvalue weighted by atomic mass is 10.2. The number of benzene rings is 1. The second kappa shape index (κ2) is 8.54. The number of carbonyl (C=O) groups excluding carboxylic acids is 1. The fraction of sp³-hybridized carbons (Fsp3) is 0.176. The number of para-hydroxylation sites is 1. The minimum Gasteiger partial charge on any atom is -0.361 e. The van der Waals surface area contributed by atoms with Gasteiger partial charge in [0.2, 0.25) is 5.43 Å². The summed E-state index contributed by atoms with van der Waals surface area (Å²) in [6, 6.07) is 11.1. The van der Waals surface area contributed by atoms with E-state index in [4.69, 9.17) is 12.2 Å². The van der Waals surface area contributed by atoms with Crippen LogP contribution in [0.4, 0.5) is 0 Å². The van der Waals surface area contributed by atoms with Crippen LogP contribution in [-0.4, -0.2) is 27.3 Å². The Hall–Kier alpha value is -2.78. The van der Waals surface area contributed by atoms with E-state index in [-0.39, 0.29) is 17.9 Å². The second-order valence-corrected chi connectivity index (χ2v) is 6.88. The number of carbonyl (C=O) groups is 1. The average molecular weight is 387 g/mol. The number of nitrogens with zero attached hydrogens (tertiary/aromatic N) is 2. The monoisotopic (exact) mass is 387 g/mol. The highest BCUT2D eigenvalue weighted by atomic mass is 32.1. The van der Waals surface area contributed by atoms with Crippen LogP contribution in [0.5, 0.6) is 0 Å². The van der Waals surface area contributed by atoms with E-state index in [1.54, 1.807) is 35.6 Å². The first kappa shape index (κ1) is 18.0. The number of thiocarbonyl (C=S) groups is 1. The summed E-state index contributed by atoms with van der Waals surface area (Å²) in [6.45, 7) is 0.639. The fourth-order valence-corrected chi connectivity index (χ4v) is 3.25. The van der Waals surface area contributed by atoms with Crippen LogP contribution in [0, 0.1) is 0 Å². The van der Waals surface area contributed by atoms with E-state index in [0.717, 1.165) is 6.42 Å². The second-order valence-electron chi connectivity index (χ2n) is 5.44. The zero-order valence-corrected chi connectivity index (χ0v) is 15.4. The van der Waals surface area contributed by atoms with Crippen LogP contribution in [0.25, 0.3) is 10.9 Å². The Balaban J connectivity index is 1.49. The van der Waals surface area contributed by atoms with Crippen molar-refractivity contribution >= 4 is 45.5 Å². The summed E-state index contributed by atoms with van der Waals surface area (Å²) in [4.78, 5) is 25.2. The molecule has 0 saturated carbocycles. The Bertz CT molecular complexity index is 969. The molecule has 0 spiro atoms. The molecule has 3 aromatic rings. The minimum absolute atomic E-state index is 0.0361. The molecule has 0 fully saturated rings. The van der Waals surface area contributed by atoms with Crippen LogP contribution in [0.2, 0.25) is 0 Å². The van der Waals surface area contributed by atoms with Gasteiger partial charge in [-0.3, -0.25) is 25.1 Å². The number of fused-ring (bicyclic) bond motifs is 1. The van der Waals surface area contributed by atoms with Gasteiger partial charge in [0.25, 0.3) is 5.91 Å². The number of hydrogen-bond donors (Lipinski definition) is 3. The Labute approximate surface area is 159 Å². The van der Waals surface area contributed by atoms with E-state index in [1.165, 1.54) is 15.8 Å². The molecule has 134 valence electrons. The molecule has 0 bridgehead atoms. The van der Waals surface area contributed by atoms with Crippen molar-refractivity contribution in [3.05, 3.63) is 63.1 Å². The van der Waals surface area contributed by atoms with Gasteiger partial charge in [0.15, 0.2) is 5.11 Å². The van der Waals surface area contributed by atoms with Gasteiger partial charge in [-0.15, -0.1) is 11.3 Å². The lowest BCUT2D eigenvalue weighted by Crippen LogP contribution is -2.48. The lowest BCUT2D eigenvalue weighted by molar-refractivity contribution is -0.122. The molecule has 3 rings (SSSR count). The predicted molar refractivity (Wildman–Crippen MR) is 106 cm³/mol. The largest absolute Gasteiger partial charge is 0.361 e. The highest BCUT2D eigenvalue weighted by molar-refractivity contribution is 7.80. The summed E-state index contributed by atoms with van der Waals surface area (Å²) in [7, 11) is 0. The van der Waals surface area contributed by atoms with Crippen LogP contribution in [0.3, 0.4) is 0 Å². The summed E-state index contributed by atoms with van der Waals surface area (Å²) >= 11 is 6.82. The molecule has 1 amide bonds. The summed E-state index contributed by atoms with van der Waals surface area (Å²) < 4.78 is 1.47. The number of hydrazine groups is 1. The van der Waals surface area contributed by atoms with Gasteiger partial charge in [0, 0.05) is 16.8 Å². The van der Waals surface area contributed by atoms with E-state index >= 15 is 0 Å². The third-order valence-corrected chi connectivity index (χ3v) is 4.79. The summed E-state index contributed by atoms with van der Waals surface area (Å²) in [5.74, 6) is -0.325. The molecule has 0 radical (unpaired) electrons. The molecule has 3 N–H and O–H groups in total. The van der Waals surface area contributed by atoms with Crippen LogP contribution in [-0.2, 0) is 17.8 Å². The molecule has 0 aliphatic rings. The molecule has 26 heavy (non-hydrogen) atoms. The zero-order chi connectivity index (χ0) is 18.4. The van der Waals surface area contributed by atoms with Gasteiger partial charge >= 0.3 is 0 Å². The van der Waals surface area contributed by atoms with Gasteiger partial charge in [-0.25, -0.2) is 0 Å². The number of rotatable bonds is 5. The zero-order valence-electron chi connectivity index (χ0n) is 13.8. The summed E-state index contributed by atoms with van der Waals surface area (Å²) in [6.07, 6.45) is 2.07. The topological polar surface area (TPSA) is 88.0 Å². The van der Waals surface area contributed by atoms with Gasteiger partial charge in [-0.1, -0.05) is 18.2 Å². The molecular formula is C17H17N5O2S2. The van der Waals surface area contributed by atoms with Crippen LogP contribution >= 0.6 is 23.6 Å². The van der Waals surface area contributed by atoms with E-state index in [0.29, 0.717) is 22.6 Å². The Kier molecular flexibility index (Phi) is 5.92. The first-order valence-corrected chi connectivity index (χ1v) is 9.22. The molecule has 2 aromatic heterocycles. The van der Waals surface area contributed by atoms with Crippen molar-refractivity contribution < 1.29 is 4.79 Å². The molecule has 1 aromatic carbocycles. The van der Waals surface area contributed by atoms with Crippen molar-refractivity contribution in [3.63, 3.8) is 0 Å². The number of thiophene rings is 1. The number of amides is 1. The van der Waals surface area contributed by atoms with Crippen molar-refractivity contribution in [2.24, 2.45) is 0 Å². The highest BCUT2D eigenvalue weighted by Crippen LogP contribution is 2.08. The third kappa shape index (κ3) is 4.64. The van der Waals surface area contributed by atoms with Crippen molar-refractivity contribution in [2.75, 3.05) is 6.54 Å². The standard InChI is InChI=1S/C17H17N5O2S2/c23-15-10-19-22(14-6-2-1-5-13(14)15)11-16(24)20-21-17(25)18-8-7-12-4-3-9-26-12/h1-6,9-10H,7-8,11H2,(H,20,24)(H2,18,21,25). The maximum atomic E-state index is 12.1. The minimum atomic E-state index is -0.325. The molecule has 0 aliphatic carbocycles. The smallest absolute Gasteiger partial charge is 0.260 e. The van der Waals surface area contributed by atoms with Crippen LogP contribution in [0.1, 0.15) is 4.88 Å². The summed E-state index contributed by atoms with van der Waals surface area (Å²) in [5, 5.41) is 9.94. The molecule has 7 nitrogen and oxygen atoms in total. The van der Waals surface area contributed by atoms with E-state index in [2.05, 4.69) is 27.3 Å². The van der Waals surface area contributed by atoms with Crippen molar-refractivity contribution in [1.29, 1.82) is 0 Å². The maximum Gasteiger partial charge on any atom is 0.260 e. The highest BCUT2D eigenvalue weighted by Gasteiger charge is 2.08. The van der Waals surface area contributed by atoms with Crippen molar-refractivity contribution in [3.8, 4) is 0 Å². The van der Waals surface area contributed by atoms with E-state index < -0.39 is 0 Å². The first-order valence-electron chi connectivity index (χ1n) is 7.93. The Morgan fingerprint density at radius 2 is 2.04 bits per heavy atom. The quantitative estimate of drug-likeness (QED) is 0.450. The van der Waals surface area contributed by atoms with Gasteiger partial charge in [-0.2, -0.15) is 5.10 Å². The fourth-order valence-electron chi connectivity index (χ4n) is 2.39. The molecule has 9 heteroatoms. The average Bonchev–Trinajstić information content (AvgIpc) is 3.16. The van der Waals surface area contributed by atoms with Gasteiger partial charge in [-0.05, 0) is 42.2 Å². The molecule has 0 saturated heterocycles.